The molecule has 0 aliphatic heterocycles. The van der Waals surface area contributed by atoms with Gasteiger partial charge in [0.2, 0.25) is 0 Å². The molecular weight excluding hydrogens is 218 g/mol. The molecule has 4 nitrogen and oxygen atoms in total. The number of ether oxygens (including phenoxy) is 1. The SMILES string of the molecule is CCC(C)C(=O)COc1ccccc1C(N)=O. The normalized spacial score (nSPS) is 11.9. The maximum atomic E-state index is 11.6. The minimum atomic E-state index is -0.559. The molecule has 0 radical (unpaired) electrons. The molecule has 1 rings (SSSR count). The largest absolute Gasteiger partial charge is 0.485 e. The van der Waals surface area contributed by atoms with E-state index in [1.165, 1.54) is 0 Å². The maximum absolute atomic E-state index is 11.6. The van der Waals surface area contributed by atoms with Crippen LogP contribution in [0, 0.1) is 5.92 Å². The van der Waals surface area contributed by atoms with Crippen molar-refractivity contribution in [2.24, 2.45) is 11.7 Å². The lowest BCUT2D eigenvalue weighted by Gasteiger charge is -2.11. The molecule has 0 fully saturated rings. The molecule has 0 heterocycles. The predicted molar refractivity (Wildman–Crippen MR) is 64.9 cm³/mol. The molecule has 17 heavy (non-hydrogen) atoms. The van der Waals surface area contributed by atoms with E-state index in [4.69, 9.17) is 10.5 Å². The summed E-state index contributed by atoms with van der Waals surface area (Å²) in [5.41, 5.74) is 5.50. The molecule has 1 amide bonds. The first-order chi connectivity index (χ1) is 8.06. The van der Waals surface area contributed by atoms with Crippen LogP contribution in [0.25, 0.3) is 0 Å². The molecule has 0 aromatic heterocycles. The smallest absolute Gasteiger partial charge is 0.252 e. The van der Waals surface area contributed by atoms with Crippen molar-refractivity contribution in [2.75, 3.05) is 6.61 Å². The van der Waals surface area contributed by atoms with Crippen LogP contribution in [-0.2, 0) is 4.79 Å². The average molecular weight is 235 g/mol. The summed E-state index contributed by atoms with van der Waals surface area (Å²) in [4.78, 5) is 22.7. The highest BCUT2D eigenvalue weighted by atomic mass is 16.5. The van der Waals surface area contributed by atoms with E-state index >= 15 is 0 Å². The standard InChI is InChI=1S/C13H17NO3/c1-3-9(2)11(15)8-17-12-7-5-4-6-10(12)13(14)16/h4-7,9H,3,8H2,1-2H3,(H2,14,16). The minimum Gasteiger partial charge on any atom is -0.485 e. The fraction of sp³-hybridized carbons (Fsp3) is 0.385. The number of benzene rings is 1. The highest BCUT2D eigenvalue weighted by Gasteiger charge is 2.13. The lowest BCUT2D eigenvalue weighted by molar-refractivity contribution is -0.124. The van der Waals surface area contributed by atoms with Crippen molar-refractivity contribution < 1.29 is 14.3 Å². The van der Waals surface area contributed by atoms with E-state index in [0.29, 0.717) is 11.3 Å². The number of para-hydroxylation sites is 1. The Morgan fingerprint density at radius 2 is 2.00 bits per heavy atom. The van der Waals surface area contributed by atoms with Crippen molar-refractivity contribution in [3.63, 3.8) is 0 Å². The lowest BCUT2D eigenvalue weighted by atomic mass is 10.0. The van der Waals surface area contributed by atoms with E-state index < -0.39 is 5.91 Å². The molecule has 0 bridgehead atoms. The van der Waals surface area contributed by atoms with Gasteiger partial charge in [-0.25, -0.2) is 0 Å². The highest BCUT2D eigenvalue weighted by Crippen LogP contribution is 2.17. The number of nitrogens with two attached hydrogens (primary N) is 1. The lowest BCUT2D eigenvalue weighted by Crippen LogP contribution is -2.20. The molecule has 1 aromatic rings. The van der Waals surface area contributed by atoms with Crippen LogP contribution in [-0.4, -0.2) is 18.3 Å². The van der Waals surface area contributed by atoms with Crippen molar-refractivity contribution in [1.82, 2.24) is 0 Å². The van der Waals surface area contributed by atoms with Gasteiger partial charge in [-0.2, -0.15) is 0 Å². The van der Waals surface area contributed by atoms with Gasteiger partial charge in [-0.3, -0.25) is 9.59 Å². The predicted octanol–water partition coefficient (Wildman–Crippen LogP) is 1.78. The third kappa shape index (κ3) is 3.59. The van der Waals surface area contributed by atoms with Gasteiger partial charge in [0.15, 0.2) is 5.78 Å². The first-order valence-electron chi connectivity index (χ1n) is 5.60. The molecule has 0 saturated carbocycles. The van der Waals surface area contributed by atoms with Gasteiger partial charge in [-0.05, 0) is 18.6 Å². The van der Waals surface area contributed by atoms with Crippen LogP contribution in [0.2, 0.25) is 0 Å². The fourth-order valence-electron chi connectivity index (χ4n) is 1.31. The quantitative estimate of drug-likeness (QED) is 0.817. The summed E-state index contributed by atoms with van der Waals surface area (Å²) in [7, 11) is 0. The average Bonchev–Trinajstić information content (AvgIpc) is 2.35. The number of hydrogen-bond donors (Lipinski definition) is 1. The van der Waals surface area contributed by atoms with Crippen LogP contribution >= 0.6 is 0 Å². The van der Waals surface area contributed by atoms with Crippen molar-refractivity contribution in [2.45, 2.75) is 20.3 Å². The Bertz CT molecular complexity index is 415. The van der Waals surface area contributed by atoms with Crippen molar-refractivity contribution in [1.29, 1.82) is 0 Å². The molecule has 0 aliphatic carbocycles. The number of ketones is 1. The maximum Gasteiger partial charge on any atom is 0.252 e. The van der Waals surface area contributed by atoms with Crippen molar-refractivity contribution in [3.05, 3.63) is 29.8 Å². The van der Waals surface area contributed by atoms with Crippen molar-refractivity contribution >= 4 is 11.7 Å². The van der Waals surface area contributed by atoms with E-state index in [-0.39, 0.29) is 18.3 Å². The summed E-state index contributed by atoms with van der Waals surface area (Å²) in [5, 5.41) is 0. The number of primary amides is 1. The number of carbonyl (C=O) groups excluding carboxylic acids is 2. The van der Waals surface area contributed by atoms with Crippen molar-refractivity contribution in [3.8, 4) is 5.75 Å². The van der Waals surface area contributed by atoms with Crippen LogP contribution in [0.1, 0.15) is 30.6 Å². The highest BCUT2D eigenvalue weighted by molar-refractivity contribution is 5.95. The Balaban J connectivity index is 2.69. The monoisotopic (exact) mass is 235 g/mol. The fourth-order valence-corrected chi connectivity index (χ4v) is 1.31. The Kier molecular flexibility index (Phi) is 4.69. The number of Topliss-reactive ketones (excluding diaryl/α,β-unsaturated/α-hetero) is 1. The summed E-state index contributed by atoms with van der Waals surface area (Å²) in [6.07, 6.45) is 0.777. The molecule has 0 spiro atoms. The first kappa shape index (κ1) is 13.2. The Hall–Kier alpha value is -1.84. The summed E-state index contributed by atoms with van der Waals surface area (Å²) < 4.78 is 5.33. The van der Waals surface area contributed by atoms with E-state index in [1.807, 2.05) is 13.8 Å². The van der Waals surface area contributed by atoms with E-state index in [9.17, 15) is 9.59 Å². The molecule has 1 atom stereocenters. The second-order valence-electron chi connectivity index (χ2n) is 3.92. The van der Waals surface area contributed by atoms with E-state index in [2.05, 4.69) is 0 Å². The molecule has 1 unspecified atom stereocenters. The number of hydrogen-bond acceptors (Lipinski definition) is 3. The van der Waals surface area contributed by atoms with Crippen LogP contribution in [0.3, 0.4) is 0 Å². The third-order valence-electron chi connectivity index (χ3n) is 2.68. The van der Waals surface area contributed by atoms with Gasteiger partial charge >= 0.3 is 0 Å². The van der Waals surface area contributed by atoms with Crippen LogP contribution in [0.15, 0.2) is 24.3 Å². The summed E-state index contributed by atoms with van der Waals surface area (Å²) in [5.74, 6) is -0.212. The Morgan fingerprint density at radius 1 is 1.35 bits per heavy atom. The number of rotatable bonds is 6. The molecule has 0 saturated heterocycles. The summed E-state index contributed by atoms with van der Waals surface area (Å²) in [6.45, 7) is 3.77. The van der Waals surface area contributed by atoms with Crippen LogP contribution in [0.5, 0.6) is 5.75 Å². The van der Waals surface area contributed by atoms with Gasteiger partial charge in [-0.1, -0.05) is 26.0 Å². The van der Waals surface area contributed by atoms with Gasteiger partial charge in [0.1, 0.15) is 12.4 Å². The van der Waals surface area contributed by atoms with Crippen LogP contribution < -0.4 is 10.5 Å². The Labute approximate surface area is 101 Å². The molecule has 2 N–H and O–H groups in total. The van der Waals surface area contributed by atoms with Gasteiger partial charge in [0, 0.05) is 5.92 Å². The molecular formula is C13H17NO3. The van der Waals surface area contributed by atoms with E-state index in [1.54, 1.807) is 24.3 Å². The van der Waals surface area contributed by atoms with Crippen LogP contribution in [0.4, 0.5) is 0 Å². The second kappa shape index (κ2) is 6.03. The molecule has 1 aromatic carbocycles. The zero-order chi connectivity index (χ0) is 12.8. The number of amides is 1. The summed E-state index contributed by atoms with van der Waals surface area (Å²) >= 11 is 0. The topological polar surface area (TPSA) is 69.4 Å². The second-order valence-corrected chi connectivity index (χ2v) is 3.92. The van der Waals surface area contributed by atoms with Gasteiger partial charge in [0.05, 0.1) is 5.56 Å². The van der Waals surface area contributed by atoms with Gasteiger partial charge < -0.3 is 10.5 Å². The molecule has 0 aliphatic rings. The zero-order valence-electron chi connectivity index (χ0n) is 10.1. The minimum absolute atomic E-state index is 0.0202. The number of carbonyl (C=O) groups is 2. The molecule has 4 heteroatoms. The Morgan fingerprint density at radius 3 is 2.59 bits per heavy atom. The zero-order valence-corrected chi connectivity index (χ0v) is 10.1. The van der Waals surface area contributed by atoms with Gasteiger partial charge in [-0.15, -0.1) is 0 Å². The molecule has 92 valence electrons. The third-order valence-corrected chi connectivity index (χ3v) is 2.68. The van der Waals surface area contributed by atoms with Gasteiger partial charge in [0.25, 0.3) is 5.91 Å². The summed E-state index contributed by atoms with van der Waals surface area (Å²) in [6, 6.07) is 6.63. The first-order valence-corrected chi connectivity index (χ1v) is 5.60. The van der Waals surface area contributed by atoms with E-state index in [0.717, 1.165) is 6.42 Å².